The topological polar surface area (TPSA) is 51.3 Å². The van der Waals surface area contributed by atoms with E-state index in [0.29, 0.717) is 12.1 Å². The van der Waals surface area contributed by atoms with Gasteiger partial charge in [0.2, 0.25) is 0 Å². The van der Waals surface area contributed by atoms with E-state index < -0.39 is 0 Å². The number of likely N-dealkylation sites (N-methyl/N-ethyl adjacent to an activating group) is 1. The molecule has 5 heteroatoms. The fraction of sp³-hybridized carbons (Fsp3) is 0.250. The minimum Gasteiger partial charge on any atom is -0.312 e. The third-order valence-corrected chi connectivity index (χ3v) is 3.75. The van der Waals surface area contributed by atoms with Gasteiger partial charge in [0.15, 0.2) is 0 Å². The van der Waals surface area contributed by atoms with Gasteiger partial charge in [0.05, 0.1) is 12.2 Å². The predicted octanol–water partition coefficient (Wildman–Crippen LogP) is 1.77. The van der Waals surface area contributed by atoms with E-state index in [9.17, 15) is 4.79 Å². The molecule has 0 amide bonds. The molecule has 21 heavy (non-hydrogen) atoms. The van der Waals surface area contributed by atoms with Gasteiger partial charge in [0.25, 0.3) is 5.56 Å². The Kier molecular flexibility index (Phi) is 3.58. The van der Waals surface area contributed by atoms with E-state index in [1.807, 2.05) is 7.05 Å². The number of rotatable bonds is 4. The molecular weight excluding hydrogens is 264 g/mol. The highest BCUT2D eigenvalue weighted by atomic mass is 16.1. The van der Waals surface area contributed by atoms with Crippen LogP contribution in [0.4, 0.5) is 0 Å². The molecule has 0 radical (unpaired) electrons. The Morgan fingerprint density at radius 2 is 1.95 bits per heavy atom. The first-order chi connectivity index (χ1) is 10.2. The van der Waals surface area contributed by atoms with E-state index in [1.54, 1.807) is 33.7 Å². The van der Waals surface area contributed by atoms with Crippen LogP contribution in [0.2, 0.25) is 0 Å². The lowest BCUT2D eigenvalue weighted by molar-refractivity contribution is 0.490. The number of aromatic nitrogens is 3. The maximum atomic E-state index is 12.4. The monoisotopic (exact) mass is 282 g/mol. The van der Waals surface area contributed by atoms with Gasteiger partial charge in [-0.1, -0.05) is 29.8 Å². The highest BCUT2D eigenvalue weighted by Gasteiger charge is 2.12. The van der Waals surface area contributed by atoms with Gasteiger partial charge < -0.3 is 9.88 Å². The van der Waals surface area contributed by atoms with Crippen LogP contribution in [0, 0.1) is 6.92 Å². The van der Waals surface area contributed by atoms with Crippen molar-refractivity contribution in [2.24, 2.45) is 0 Å². The highest BCUT2D eigenvalue weighted by Crippen LogP contribution is 2.15. The van der Waals surface area contributed by atoms with Gasteiger partial charge in [0, 0.05) is 18.9 Å². The van der Waals surface area contributed by atoms with Gasteiger partial charge in [-0.2, -0.15) is 5.10 Å². The van der Waals surface area contributed by atoms with Crippen LogP contribution in [-0.4, -0.2) is 21.2 Å². The summed E-state index contributed by atoms with van der Waals surface area (Å²) in [4.78, 5) is 12.4. The highest BCUT2D eigenvalue weighted by molar-refractivity contribution is 5.42. The smallest absolute Gasteiger partial charge is 0.276 e. The summed E-state index contributed by atoms with van der Waals surface area (Å²) in [5, 5.41) is 7.35. The zero-order chi connectivity index (χ0) is 14.8. The molecule has 1 aromatic carbocycles. The van der Waals surface area contributed by atoms with Gasteiger partial charge in [-0.3, -0.25) is 4.79 Å². The summed E-state index contributed by atoms with van der Waals surface area (Å²) in [7, 11) is 1.91. The molecule has 0 fully saturated rings. The van der Waals surface area contributed by atoms with Crippen LogP contribution in [0.1, 0.15) is 17.2 Å². The average Bonchev–Trinajstić information content (AvgIpc) is 2.97. The van der Waals surface area contributed by atoms with Crippen molar-refractivity contribution in [3.63, 3.8) is 0 Å². The van der Waals surface area contributed by atoms with Gasteiger partial charge in [0.1, 0.15) is 5.52 Å². The fourth-order valence-electron chi connectivity index (χ4n) is 2.46. The SMILES string of the molecule is CNC(Cn1ccn2nccc2c1=O)c1ccc(C)cc1. The molecule has 0 aliphatic carbocycles. The molecule has 5 nitrogen and oxygen atoms in total. The fourth-order valence-corrected chi connectivity index (χ4v) is 2.46. The number of fused-ring (bicyclic) bond motifs is 1. The molecule has 2 aromatic heterocycles. The van der Waals surface area contributed by atoms with Crippen molar-refractivity contribution in [3.8, 4) is 0 Å². The van der Waals surface area contributed by atoms with Crippen molar-refractivity contribution < 1.29 is 0 Å². The molecule has 0 aliphatic rings. The van der Waals surface area contributed by atoms with E-state index in [2.05, 4.69) is 41.6 Å². The first kappa shape index (κ1) is 13.6. The standard InChI is InChI=1S/C16H18N4O/c1-12-3-5-13(6-4-12)14(17-2)11-19-9-10-20-15(16(19)21)7-8-18-20/h3-10,14,17H,11H2,1-2H3. The van der Waals surface area contributed by atoms with Crippen molar-refractivity contribution in [1.29, 1.82) is 0 Å². The summed E-state index contributed by atoms with van der Waals surface area (Å²) in [6.07, 6.45) is 5.22. The maximum absolute atomic E-state index is 12.4. The van der Waals surface area contributed by atoms with Crippen LogP contribution in [0.3, 0.4) is 0 Å². The summed E-state index contributed by atoms with van der Waals surface area (Å²) in [5.74, 6) is 0. The molecule has 1 N–H and O–H groups in total. The van der Waals surface area contributed by atoms with Gasteiger partial charge in [-0.25, -0.2) is 4.52 Å². The molecule has 2 heterocycles. The second-order valence-corrected chi connectivity index (χ2v) is 5.17. The van der Waals surface area contributed by atoms with Crippen molar-refractivity contribution in [2.45, 2.75) is 19.5 Å². The summed E-state index contributed by atoms with van der Waals surface area (Å²) in [5.41, 5.74) is 2.97. The third kappa shape index (κ3) is 2.60. The molecule has 0 spiro atoms. The normalized spacial score (nSPS) is 12.7. The van der Waals surface area contributed by atoms with Crippen LogP contribution < -0.4 is 10.9 Å². The Bertz CT molecular complexity index is 801. The molecule has 0 bridgehead atoms. The zero-order valence-electron chi connectivity index (χ0n) is 12.2. The molecule has 3 rings (SSSR count). The van der Waals surface area contributed by atoms with Crippen LogP contribution in [-0.2, 0) is 6.54 Å². The van der Waals surface area contributed by atoms with E-state index in [4.69, 9.17) is 0 Å². The zero-order valence-corrected chi connectivity index (χ0v) is 12.2. The predicted molar refractivity (Wildman–Crippen MR) is 82.4 cm³/mol. The quantitative estimate of drug-likeness (QED) is 0.793. The molecule has 1 atom stereocenters. The third-order valence-electron chi connectivity index (χ3n) is 3.75. The first-order valence-corrected chi connectivity index (χ1v) is 6.95. The van der Waals surface area contributed by atoms with E-state index >= 15 is 0 Å². The van der Waals surface area contributed by atoms with Crippen LogP contribution in [0.5, 0.6) is 0 Å². The number of hydrogen-bond donors (Lipinski definition) is 1. The second kappa shape index (κ2) is 5.54. The van der Waals surface area contributed by atoms with E-state index in [0.717, 1.165) is 0 Å². The van der Waals surface area contributed by atoms with Crippen molar-refractivity contribution in [1.82, 2.24) is 19.5 Å². The Morgan fingerprint density at radius 3 is 2.67 bits per heavy atom. The first-order valence-electron chi connectivity index (χ1n) is 6.95. The molecule has 0 saturated carbocycles. The minimum absolute atomic E-state index is 0.0256. The number of nitrogens with zero attached hydrogens (tertiary/aromatic N) is 3. The van der Waals surface area contributed by atoms with Gasteiger partial charge >= 0.3 is 0 Å². The second-order valence-electron chi connectivity index (χ2n) is 5.17. The largest absolute Gasteiger partial charge is 0.312 e. The summed E-state index contributed by atoms with van der Waals surface area (Å²) >= 11 is 0. The molecule has 3 aromatic rings. The Labute approximate surface area is 122 Å². The average molecular weight is 282 g/mol. The lowest BCUT2D eigenvalue weighted by Gasteiger charge is -2.18. The summed E-state index contributed by atoms with van der Waals surface area (Å²) in [6, 6.07) is 10.2. The van der Waals surface area contributed by atoms with E-state index in [1.165, 1.54) is 11.1 Å². The van der Waals surface area contributed by atoms with Crippen LogP contribution >= 0.6 is 0 Å². The van der Waals surface area contributed by atoms with Gasteiger partial charge in [-0.05, 0) is 25.6 Å². The molecule has 0 aliphatic heterocycles. The van der Waals surface area contributed by atoms with Crippen molar-refractivity contribution in [2.75, 3.05) is 7.05 Å². The Morgan fingerprint density at radius 1 is 1.19 bits per heavy atom. The maximum Gasteiger partial charge on any atom is 0.276 e. The number of aryl methyl sites for hydroxylation is 1. The van der Waals surface area contributed by atoms with Crippen molar-refractivity contribution in [3.05, 3.63) is 70.4 Å². The number of benzene rings is 1. The Balaban J connectivity index is 1.93. The van der Waals surface area contributed by atoms with Crippen LogP contribution in [0.15, 0.2) is 53.7 Å². The Hall–Kier alpha value is -2.40. The number of hydrogen-bond acceptors (Lipinski definition) is 3. The molecule has 108 valence electrons. The summed E-state index contributed by atoms with van der Waals surface area (Å²) in [6.45, 7) is 2.65. The lowest BCUT2D eigenvalue weighted by atomic mass is 10.1. The molecule has 0 saturated heterocycles. The molecule has 1 unspecified atom stereocenters. The number of nitrogens with one attached hydrogen (secondary N) is 1. The van der Waals surface area contributed by atoms with E-state index in [-0.39, 0.29) is 11.6 Å². The van der Waals surface area contributed by atoms with Crippen molar-refractivity contribution >= 4 is 5.52 Å². The molecular formula is C16H18N4O. The summed E-state index contributed by atoms with van der Waals surface area (Å²) < 4.78 is 3.32. The van der Waals surface area contributed by atoms with Crippen LogP contribution in [0.25, 0.3) is 5.52 Å². The van der Waals surface area contributed by atoms with Gasteiger partial charge in [-0.15, -0.1) is 0 Å². The minimum atomic E-state index is -0.0256. The lowest BCUT2D eigenvalue weighted by Crippen LogP contribution is -2.29.